The molecule has 1 rings (SSSR count). The van der Waals surface area contributed by atoms with E-state index in [1.807, 2.05) is 6.07 Å². The minimum Gasteiger partial charge on any atom is -0.708 e. The Morgan fingerprint density at radius 2 is 2.22 bits per heavy atom. The molecule has 1 aromatic rings. The zero-order valence-corrected chi connectivity index (χ0v) is 5.58. The monoisotopic (exact) mass is 163 g/mol. The van der Waals surface area contributed by atoms with Crippen molar-refractivity contribution in [2.45, 2.75) is 0 Å². The molecule has 0 amide bonds. The van der Waals surface area contributed by atoms with Crippen molar-refractivity contribution >= 4 is 5.69 Å². The predicted molar refractivity (Wildman–Crippen MR) is 30.7 cm³/mol. The first-order valence-corrected chi connectivity index (χ1v) is 2.25. The summed E-state index contributed by atoms with van der Waals surface area (Å²) in [5, 5.41) is 2.92. The molecule has 0 aliphatic rings. The van der Waals surface area contributed by atoms with Crippen molar-refractivity contribution in [2.24, 2.45) is 5.11 Å². The first-order valence-electron chi connectivity index (χ1n) is 2.25. The maximum Gasteiger partial charge on any atom is 2.00 e. The van der Waals surface area contributed by atoms with Gasteiger partial charge < -0.3 is 10.6 Å². The van der Waals surface area contributed by atoms with E-state index in [0.29, 0.717) is 5.69 Å². The number of hydrogen-bond donors (Lipinski definition) is 0. The van der Waals surface area contributed by atoms with E-state index in [1.165, 1.54) is 0 Å². The summed E-state index contributed by atoms with van der Waals surface area (Å²) in [6.45, 7) is 0. The molecule has 0 saturated heterocycles. The zero-order chi connectivity index (χ0) is 5.82. The molecule has 0 spiro atoms. The molecule has 3 heteroatoms. The van der Waals surface area contributed by atoms with Crippen LogP contribution in [-0.4, -0.2) is 0 Å². The van der Waals surface area contributed by atoms with Gasteiger partial charge in [0.1, 0.15) is 0 Å². The fourth-order valence-corrected chi connectivity index (χ4v) is 0.446. The van der Waals surface area contributed by atoms with E-state index in [9.17, 15) is 0 Å². The van der Waals surface area contributed by atoms with Gasteiger partial charge in [0.05, 0.1) is 0 Å². The van der Waals surface area contributed by atoms with Crippen LogP contribution in [0.25, 0.3) is 5.53 Å². The van der Waals surface area contributed by atoms with Crippen LogP contribution in [-0.2, 0) is 16.8 Å². The second-order valence-electron chi connectivity index (χ2n) is 1.35. The van der Waals surface area contributed by atoms with E-state index >= 15 is 0 Å². The van der Waals surface area contributed by atoms with Gasteiger partial charge >= 0.3 is 16.8 Å². The summed E-state index contributed by atoms with van der Waals surface area (Å²) >= 11 is 0. The Hall–Kier alpha value is -0.674. The second kappa shape index (κ2) is 4.23. The van der Waals surface area contributed by atoms with Crippen LogP contribution in [0.5, 0.6) is 0 Å². The van der Waals surface area contributed by atoms with Crippen LogP contribution in [0.1, 0.15) is 0 Å². The Bertz CT molecular complexity index is 174. The van der Waals surface area contributed by atoms with Gasteiger partial charge in [0.25, 0.3) is 0 Å². The SMILES string of the molecule is [Co+2].[N-]=Nc1[c-]cccc1. The van der Waals surface area contributed by atoms with E-state index in [1.54, 1.807) is 18.2 Å². The number of benzene rings is 1. The van der Waals surface area contributed by atoms with Crippen molar-refractivity contribution in [3.05, 3.63) is 35.9 Å². The molecule has 0 aliphatic carbocycles. The summed E-state index contributed by atoms with van der Waals surface area (Å²) in [5.41, 5.74) is 8.60. The maximum absolute atomic E-state index is 8.13. The summed E-state index contributed by atoms with van der Waals surface area (Å²) < 4.78 is 0. The fourth-order valence-electron chi connectivity index (χ4n) is 0.446. The largest absolute Gasteiger partial charge is 2.00 e. The fraction of sp³-hybridized carbons (Fsp3) is 0. The summed E-state index contributed by atoms with van der Waals surface area (Å²) in [6, 6.07) is 9.66. The number of nitrogens with zero attached hydrogens (tertiary/aromatic N) is 2. The maximum atomic E-state index is 8.13. The van der Waals surface area contributed by atoms with Gasteiger partial charge in [-0.25, -0.2) is 0 Å². The van der Waals surface area contributed by atoms with Crippen molar-refractivity contribution in [1.29, 1.82) is 0 Å². The van der Waals surface area contributed by atoms with Gasteiger partial charge in [0.2, 0.25) is 0 Å². The van der Waals surface area contributed by atoms with E-state index in [0.717, 1.165) is 0 Å². The normalized spacial score (nSPS) is 7.56. The summed E-state index contributed by atoms with van der Waals surface area (Å²) in [5.74, 6) is 0. The Labute approximate surface area is 64.0 Å². The van der Waals surface area contributed by atoms with Crippen LogP contribution in [0.2, 0.25) is 0 Å². The molecule has 0 atom stereocenters. The quantitative estimate of drug-likeness (QED) is 0.449. The molecule has 0 aromatic heterocycles. The van der Waals surface area contributed by atoms with E-state index in [4.69, 9.17) is 5.53 Å². The Kier molecular flexibility index (Phi) is 3.91. The van der Waals surface area contributed by atoms with Crippen LogP contribution in [0.3, 0.4) is 0 Å². The van der Waals surface area contributed by atoms with Gasteiger partial charge in [0.15, 0.2) is 0 Å². The molecular weight excluding hydrogens is 159 g/mol. The minimum atomic E-state index is 0. The molecule has 47 valence electrons. The van der Waals surface area contributed by atoms with Crippen molar-refractivity contribution < 1.29 is 16.8 Å². The molecule has 0 N–H and O–H groups in total. The molecule has 0 bridgehead atoms. The van der Waals surface area contributed by atoms with Gasteiger partial charge in [-0.1, -0.05) is 5.69 Å². The van der Waals surface area contributed by atoms with Crippen molar-refractivity contribution in [2.75, 3.05) is 0 Å². The second-order valence-corrected chi connectivity index (χ2v) is 1.35. The van der Waals surface area contributed by atoms with Crippen LogP contribution < -0.4 is 0 Å². The van der Waals surface area contributed by atoms with E-state index < -0.39 is 0 Å². The average Bonchev–Trinajstić information content (AvgIpc) is 1.90. The van der Waals surface area contributed by atoms with Gasteiger partial charge in [-0.15, -0.1) is 6.07 Å². The molecular formula is C6H4CoN2. The molecule has 0 heterocycles. The van der Waals surface area contributed by atoms with Gasteiger partial charge in [0, 0.05) is 0 Å². The third kappa shape index (κ3) is 2.39. The van der Waals surface area contributed by atoms with Crippen LogP contribution in [0, 0.1) is 6.07 Å². The predicted octanol–water partition coefficient (Wildman–Crippen LogP) is 2.14. The number of rotatable bonds is 1. The molecule has 9 heavy (non-hydrogen) atoms. The van der Waals surface area contributed by atoms with Gasteiger partial charge in [-0.05, 0) is 0 Å². The first-order chi connectivity index (χ1) is 3.93. The Morgan fingerprint density at radius 1 is 1.44 bits per heavy atom. The minimum absolute atomic E-state index is 0. The van der Waals surface area contributed by atoms with E-state index in [-0.39, 0.29) is 16.8 Å². The van der Waals surface area contributed by atoms with Crippen molar-refractivity contribution in [3.8, 4) is 0 Å². The van der Waals surface area contributed by atoms with Crippen LogP contribution >= 0.6 is 0 Å². The molecule has 0 saturated carbocycles. The summed E-state index contributed by atoms with van der Waals surface area (Å²) in [7, 11) is 0. The van der Waals surface area contributed by atoms with Crippen molar-refractivity contribution in [1.82, 2.24) is 0 Å². The summed E-state index contributed by atoms with van der Waals surface area (Å²) in [4.78, 5) is 0. The molecule has 2 nitrogen and oxygen atoms in total. The zero-order valence-electron chi connectivity index (χ0n) is 4.54. The molecule has 0 aliphatic heterocycles. The third-order valence-corrected chi connectivity index (χ3v) is 0.800. The van der Waals surface area contributed by atoms with Gasteiger partial charge in [-0.2, -0.15) is 24.3 Å². The Morgan fingerprint density at radius 3 is 2.56 bits per heavy atom. The smallest absolute Gasteiger partial charge is 0.708 e. The molecule has 0 unspecified atom stereocenters. The molecule has 0 fully saturated rings. The molecule has 1 aromatic carbocycles. The topological polar surface area (TPSA) is 34.7 Å². The third-order valence-electron chi connectivity index (χ3n) is 0.800. The van der Waals surface area contributed by atoms with Gasteiger partial charge in [-0.3, -0.25) is 0 Å². The first kappa shape index (κ1) is 8.33. The van der Waals surface area contributed by atoms with Crippen LogP contribution in [0.15, 0.2) is 29.4 Å². The van der Waals surface area contributed by atoms with Crippen LogP contribution in [0.4, 0.5) is 5.69 Å². The van der Waals surface area contributed by atoms with E-state index in [2.05, 4.69) is 11.2 Å². The molecule has 1 radical (unpaired) electrons. The standard InChI is InChI=1S/C6H4N2.Co/c7-8-6-4-2-1-3-5-6;/h1-4H;/q-2;+2. The van der Waals surface area contributed by atoms with Crippen molar-refractivity contribution in [3.63, 3.8) is 0 Å². The Balaban J connectivity index is 0.000000640. The number of hydrogen-bond acceptors (Lipinski definition) is 1. The summed E-state index contributed by atoms with van der Waals surface area (Å²) in [6.07, 6.45) is 0. The average molecular weight is 163 g/mol.